The highest BCUT2D eigenvalue weighted by molar-refractivity contribution is 6.25. The van der Waals surface area contributed by atoms with Crippen LogP contribution < -0.4 is 0 Å². The Labute approximate surface area is 65.5 Å². The molecule has 0 aromatic heterocycles. The summed E-state index contributed by atoms with van der Waals surface area (Å²) in [6.45, 7) is 0. The van der Waals surface area contributed by atoms with Crippen molar-refractivity contribution in [3.8, 4) is 0 Å². The SMILES string of the molecule is ClC=C=Cc1ccccc1. The van der Waals surface area contributed by atoms with Crippen molar-refractivity contribution in [2.75, 3.05) is 0 Å². The Balaban J connectivity index is 2.87. The van der Waals surface area contributed by atoms with E-state index in [0.29, 0.717) is 0 Å². The van der Waals surface area contributed by atoms with Crippen molar-refractivity contribution in [2.24, 2.45) is 0 Å². The zero-order valence-electron chi connectivity index (χ0n) is 5.42. The third-order valence-corrected chi connectivity index (χ3v) is 1.24. The summed E-state index contributed by atoms with van der Waals surface area (Å²) in [5.74, 6) is 0. The predicted octanol–water partition coefficient (Wildman–Crippen LogP) is 3.05. The molecule has 0 nitrogen and oxygen atoms in total. The van der Waals surface area contributed by atoms with Crippen molar-refractivity contribution in [3.05, 3.63) is 47.2 Å². The second-order valence-electron chi connectivity index (χ2n) is 1.83. The Morgan fingerprint density at radius 1 is 1.20 bits per heavy atom. The first-order valence-electron chi connectivity index (χ1n) is 2.99. The molecule has 0 saturated heterocycles. The lowest BCUT2D eigenvalue weighted by Crippen LogP contribution is -1.64. The molecule has 50 valence electrons. The lowest BCUT2D eigenvalue weighted by Gasteiger charge is -1.85. The number of benzene rings is 1. The smallest absolute Gasteiger partial charge is 0.0462 e. The van der Waals surface area contributed by atoms with E-state index in [1.165, 1.54) is 5.54 Å². The Bertz CT molecular complexity index is 243. The normalized spacial score (nSPS) is 8.10. The van der Waals surface area contributed by atoms with Gasteiger partial charge in [0.25, 0.3) is 0 Å². The van der Waals surface area contributed by atoms with Crippen LogP contribution in [-0.2, 0) is 0 Å². The van der Waals surface area contributed by atoms with Gasteiger partial charge in [0.05, 0.1) is 0 Å². The topological polar surface area (TPSA) is 0 Å². The third kappa shape index (κ3) is 2.10. The molecule has 0 bridgehead atoms. The molecule has 0 aliphatic heterocycles. The molecule has 0 spiro atoms. The molecule has 0 fully saturated rings. The first kappa shape index (κ1) is 7.14. The summed E-state index contributed by atoms with van der Waals surface area (Å²) < 4.78 is 0. The van der Waals surface area contributed by atoms with Crippen LogP contribution in [0, 0.1) is 0 Å². The molecule has 0 unspecified atom stereocenters. The Kier molecular flexibility index (Phi) is 2.82. The van der Waals surface area contributed by atoms with Crippen LogP contribution in [0.25, 0.3) is 6.08 Å². The summed E-state index contributed by atoms with van der Waals surface area (Å²) >= 11 is 5.28. The van der Waals surface area contributed by atoms with Gasteiger partial charge in [0, 0.05) is 5.54 Å². The van der Waals surface area contributed by atoms with Gasteiger partial charge in [-0.15, -0.1) is 5.73 Å². The van der Waals surface area contributed by atoms with Crippen molar-refractivity contribution in [1.29, 1.82) is 0 Å². The van der Waals surface area contributed by atoms with Crippen molar-refractivity contribution in [3.63, 3.8) is 0 Å². The summed E-state index contributed by atoms with van der Waals surface area (Å²) in [6, 6.07) is 9.91. The summed E-state index contributed by atoms with van der Waals surface area (Å²) in [5, 5.41) is 0. The molecule has 0 amide bonds. The Morgan fingerprint density at radius 3 is 2.50 bits per heavy atom. The molecule has 0 atom stereocenters. The van der Waals surface area contributed by atoms with E-state index in [0.717, 1.165) is 5.56 Å². The van der Waals surface area contributed by atoms with Crippen LogP contribution in [0.1, 0.15) is 5.56 Å². The number of rotatable bonds is 1. The lowest BCUT2D eigenvalue weighted by molar-refractivity contribution is 1.66. The fraction of sp³-hybridized carbons (Fsp3) is 0. The molecule has 1 rings (SSSR count). The molecule has 0 aliphatic carbocycles. The van der Waals surface area contributed by atoms with Crippen LogP contribution in [0.3, 0.4) is 0 Å². The fourth-order valence-corrected chi connectivity index (χ4v) is 0.740. The highest BCUT2D eigenvalue weighted by Crippen LogP contribution is 1.99. The van der Waals surface area contributed by atoms with Crippen molar-refractivity contribution < 1.29 is 0 Å². The zero-order valence-corrected chi connectivity index (χ0v) is 6.18. The zero-order chi connectivity index (χ0) is 7.23. The van der Waals surface area contributed by atoms with E-state index in [1.807, 2.05) is 36.4 Å². The Hall–Kier alpha value is -0.970. The molecule has 1 aromatic carbocycles. The van der Waals surface area contributed by atoms with E-state index in [1.54, 1.807) is 0 Å². The maximum absolute atomic E-state index is 5.28. The van der Waals surface area contributed by atoms with E-state index >= 15 is 0 Å². The van der Waals surface area contributed by atoms with Crippen LogP contribution in [-0.4, -0.2) is 0 Å². The van der Waals surface area contributed by atoms with E-state index in [2.05, 4.69) is 5.73 Å². The molecular weight excluding hydrogens is 144 g/mol. The predicted molar refractivity (Wildman–Crippen MR) is 44.8 cm³/mol. The van der Waals surface area contributed by atoms with Gasteiger partial charge >= 0.3 is 0 Å². The molecule has 0 aliphatic rings. The Morgan fingerprint density at radius 2 is 1.90 bits per heavy atom. The van der Waals surface area contributed by atoms with Crippen molar-refractivity contribution in [1.82, 2.24) is 0 Å². The minimum absolute atomic E-state index is 1.11. The summed E-state index contributed by atoms with van der Waals surface area (Å²) in [5.41, 5.74) is 5.26. The monoisotopic (exact) mass is 150 g/mol. The van der Waals surface area contributed by atoms with Gasteiger partial charge in [-0.1, -0.05) is 41.9 Å². The molecule has 1 aromatic rings. The average Bonchev–Trinajstić information content (AvgIpc) is 2.03. The average molecular weight is 151 g/mol. The fourth-order valence-electron chi connectivity index (χ4n) is 0.677. The maximum atomic E-state index is 5.28. The molecule has 0 heterocycles. The number of halogens is 1. The summed E-state index contributed by atoms with van der Waals surface area (Å²) in [4.78, 5) is 0. The lowest BCUT2D eigenvalue weighted by atomic mass is 10.2. The highest BCUT2D eigenvalue weighted by atomic mass is 35.5. The van der Waals surface area contributed by atoms with Gasteiger partial charge in [-0.3, -0.25) is 0 Å². The van der Waals surface area contributed by atoms with E-state index < -0.39 is 0 Å². The number of hydrogen-bond acceptors (Lipinski definition) is 0. The van der Waals surface area contributed by atoms with Crippen molar-refractivity contribution >= 4 is 17.7 Å². The standard InChI is InChI=1S/C9H7Cl/c10-8-4-7-9-5-2-1-3-6-9/h1-3,5-8H. The van der Waals surface area contributed by atoms with Crippen LogP contribution in [0.4, 0.5) is 0 Å². The largest absolute Gasteiger partial charge is 0.108 e. The third-order valence-electron chi connectivity index (χ3n) is 1.11. The van der Waals surface area contributed by atoms with E-state index in [-0.39, 0.29) is 0 Å². The molecule has 10 heavy (non-hydrogen) atoms. The van der Waals surface area contributed by atoms with Gasteiger partial charge in [-0.25, -0.2) is 0 Å². The molecule has 0 N–H and O–H groups in total. The van der Waals surface area contributed by atoms with Crippen LogP contribution in [0.5, 0.6) is 0 Å². The minimum atomic E-state index is 1.11. The van der Waals surface area contributed by atoms with Crippen LogP contribution in [0.2, 0.25) is 0 Å². The second-order valence-corrected chi connectivity index (χ2v) is 2.05. The van der Waals surface area contributed by atoms with E-state index in [4.69, 9.17) is 11.6 Å². The molecule has 0 saturated carbocycles. The first-order chi connectivity index (χ1) is 4.93. The van der Waals surface area contributed by atoms with Gasteiger partial charge < -0.3 is 0 Å². The maximum Gasteiger partial charge on any atom is 0.0462 e. The van der Waals surface area contributed by atoms with E-state index in [9.17, 15) is 0 Å². The van der Waals surface area contributed by atoms with Gasteiger partial charge in [-0.05, 0) is 11.6 Å². The van der Waals surface area contributed by atoms with Gasteiger partial charge in [0.1, 0.15) is 0 Å². The minimum Gasteiger partial charge on any atom is -0.108 e. The molecular formula is C9H7Cl. The summed E-state index contributed by atoms with van der Waals surface area (Å²) in [6.07, 6.45) is 1.83. The number of hydrogen-bond donors (Lipinski definition) is 0. The molecule has 0 radical (unpaired) electrons. The van der Waals surface area contributed by atoms with Crippen molar-refractivity contribution in [2.45, 2.75) is 0 Å². The van der Waals surface area contributed by atoms with Gasteiger partial charge in [0.2, 0.25) is 0 Å². The summed E-state index contributed by atoms with van der Waals surface area (Å²) in [7, 11) is 0. The van der Waals surface area contributed by atoms with Gasteiger partial charge in [0.15, 0.2) is 0 Å². The first-order valence-corrected chi connectivity index (χ1v) is 3.43. The molecule has 1 heteroatoms. The van der Waals surface area contributed by atoms with Crippen LogP contribution in [0.15, 0.2) is 41.6 Å². The van der Waals surface area contributed by atoms with Gasteiger partial charge in [-0.2, -0.15) is 0 Å². The highest BCUT2D eigenvalue weighted by Gasteiger charge is 1.77. The quantitative estimate of drug-likeness (QED) is 0.540. The second kappa shape index (κ2) is 3.94. The van der Waals surface area contributed by atoms with Crippen LogP contribution >= 0.6 is 11.6 Å².